The van der Waals surface area contributed by atoms with Crippen LogP contribution in [-0.4, -0.2) is 42.3 Å². The van der Waals surface area contributed by atoms with Crippen molar-refractivity contribution in [2.24, 2.45) is 22.2 Å². The maximum atomic E-state index is 13.3. The zero-order chi connectivity index (χ0) is 28.0. The van der Waals surface area contributed by atoms with E-state index in [2.05, 4.69) is 15.6 Å². The summed E-state index contributed by atoms with van der Waals surface area (Å²) in [6.45, 7) is 0.278. The molecule has 0 radical (unpaired) electrons. The van der Waals surface area contributed by atoms with E-state index in [-0.39, 0.29) is 25.3 Å². The summed E-state index contributed by atoms with van der Waals surface area (Å²) in [5, 5.41) is 5.50. The number of nitrogens with one attached hydrogen (secondary N) is 2. The van der Waals surface area contributed by atoms with Crippen molar-refractivity contribution < 1.29 is 14.4 Å². The van der Waals surface area contributed by atoms with E-state index in [0.717, 1.165) is 16.7 Å². The van der Waals surface area contributed by atoms with Crippen LogP contribution in [0, 0.1) is 0 Å². The van der Waals surface area contributed by atoms with Crippen LogP contribution in [-0.2, 0) is 20.8 Å². The molecule has 0 spiro atoms. The lowest BCUT2D eigenvalue weighted by molar-refractivity contribution is -0.130. The molecule has 9 nitrogen and oxygen atoms in total. The highest BCUT2D eigenvalue weighted by atomic mass is 16.2. The molecule has 3 amide bonds. The predicted octanol–water partition coefficient (Wildman–Crippen LogP) is 1.87. The third-order valence-corrected chi connectivity index (χ3v) is 5.97. The van der Waals surface area contributed by atoms with Gasteiger partial charge in [-0.15, -0.1) is 0 Å². The number of guanidine groups is 1. The average molecular weight is 527 g/mol. The number of nitrogens with two attached hydrogens (primary N) is 3. The molecule has 0 saturated heterocycles. The van der Waals surface area contributed by atoms with Gasteiger partial charge in [0, 0.05) is 19.0 Å². The van der Waals surface area contributed by atoms with Crippen molar-refractivity contribution in [1.82, 2.24) is 10.6 Å². The second kappa shape index (κ2) is 14.7. The van der Waals surface area contributed by atoms with Crippen molar-refractivity contribution in [2.75, 3.05) is 6.54 Å². The van der Waals surface area contributed by atoms with Crippen LogP contribution < -0.4 is 27.8 Å². The van der Waals surface area contributed by atoms with E-state index in [9.17, 15) is 14.4 Å². The number of rotatable bonds is 13. The summed E-state index contributed by atoms with van der Waals surface area (Å²) >= 11 is 0. The fraction of sp³-hybridized carbons (Fsp3) is 0.200. The van der Waals surface area contributed by atoms with Gasteiger partial charge >= 0.3 is 0 Å². The number of nitrogens with zero attached hydrogens (tertiary/aromatic N) is 1. The van der Waals surface area contributed by atoms with Crippen LogP contribution in [0.5, 0.6) is 0 Å². The summed E-state index contributed by atoms with van der Waals surface area (Å²) in [5.41, 5.74) is 19.6. The topological polar surface area (TPSA) is 166 Å². The van der Waals surface area contributed by atoms with Crippen LogP contribution in [0.4, 0.5) is 0 Å². The molecule has 8 N–H and O–H groups in total. The van der Waals surface area contributed by atoms with Crippen LogP contribution in [0.25, 0.3) is 5.57 Å². The number of primary amides is 1. The Labute approximate surface area is 228 Å². The van der Waals surface area contributed by atoms with Crippen molar-refractivity contribution in [3.8, 4) is 0 Å². The monoisotopic (exact) mass is 526 g/mol. The fourth-order valence-corrected chi connectivity index (χ4v) is 4.03. The van der Waals surface area contributed by atoms with E-state index >= 15 is 0 Å². The minimum atomic E-state index is -0.951. The number of amides is 3. The molecule has 0 aromatic heterocycles. The molecule has 0 saturated carbocycles. The molecule has 0 aliphatic carbocycles. The number of aliphatic imine (C=N–C) groups is 1. The molecule has 0 aliphatic rings. The lowest BCUT2D eigenvalue weighted by Crippen LogP contribution is -2.53. The molecule has 3 rings (SSSR count). The van der Waals surface area contributed by atoms with E-state index in [1.54, 1.807) is 0 Å². The molecule has 9 heteroatoms. The highest BCUT2D eigenvalue weighted by molar-refractivity contribution is 6.01. The van der Waals surface area contributed by atoms with Crippen molar-refractivity contribution in [1.29, 1.82) is 0 Å². The van der Waals surface area contributed by atoms with Gasteiger partial charge in [-0.2, -0.15) is 0 Å². The molecule has 0 bridgehead atoms. The van der Waals surface area contributed by atoms with Crippen molar-refractivity contribution in [2.45, 2.75) is 31.3 Å². The fourth-order valence-electron chi connectivity index (χ4n) is 4.03. The van der Waals surface area contributed by atoms with Gasteiger partial charge in [-0.1, -0.05) is 91.0 Å². The van der Waals surface area contributed by atoms with E-state index in [1.165, 1.54) is 6.08 Å². The van der Waals surface area contributed by atoms with Gasteiger partial charge in [-0.25, -0.2) is 0 Å². The second-order valence-electron chi connectivity index (χ2n) is 8.95. The maximum Gasteiger partial charge on any atom is 0.245 e. The third kappa shape index (κ3) is 9.47. The van der Waals surface area contributed by atoms with Crippen molar-refractivity contribution >= 4 is 29.3 Å². The summed E-state index contributed by atoms with van der Waals surface area (Å²) in [7, 11) is 0. The Balaban J connectivity index is 1.82. The van der Waals surface area contributed by atoms with Gasteiger partial charge in [0.05, 0.1) is 0 Å². The van der Waals surface area contributed by atoms with Crippen LogP contribution in [0.2, 0.25) is 0 Å². The first-order valence-corrected chi connectivity index (χ1v) is 12.7. The Morgan fingerprint density at radius 1 is 0.744 bits per heavy atom. The van der Waals surface area contributed by atoms with Crippen LogP contribution in [0.3, 0.4) is 0 Å². The largest absolute Gasteiger partial charge is 0.370 e. The van der Waals surface area contributed by atoms with Gasteiger partial charge in [0.15, 0.2) is 5.96 Å². The summed E-state index contributed by atoms with van der Waals surface area (Å²) in [6, 6.07) is 26.3. The zero-order valence-electron chi connectivity index (χ0n) is 21.6. The standard InChI is InChI=1S/C30H34N6O3/c31-28(38)26(19-21-11-4-1-5-12-21)36-29(39)25(17-10-18-34-30(32)33)35-27(37)20-24(22-13-6-2-7-14-22)23-15-8-3-9-16-23/h1-9,11-16,20,25-26H,10,17-19H2,(H2,31,38)(H,35,37)(H,36,39)(H4,32,33,34)/t25-,26-/m1/s1. The van der Waals surface area contributed by atoms with Gasteiger partial charge in [0.2, 0.25) is 17.7 Å². The number of carbonyl (C=O) groups is 3. The number of carbonyl (C=O) groups excluding carboxylic acids is 3. The van der Waals surface area contributed by atoms with Gasteiger partial charge in [0.1, 0.15) is 12.1 Å². The lowest BCUT2D eigenvalue weighted by atomic mass is 9.97. The van der Waals surface area contributed by atoms with Gasteiger partial charge in [-0.05, 0) is 35.1 Å². The molecule has 0 aliphatic heterocycles. The third-order valence-electron chi connectivity index (χ3n) is 5.97. The first kappa shape index (κ1) is 28.6. The molecule has 39 heavy (non-hydrogen) atoms. The highest BCUT2D eigenvalue weighted by Gasteiger charge is 2.25. The number of benzene rings is 3. The predicted molar refractivity (Wildman–Crippen MR) is 153 cm³/mol. The lowest BCUT2D eigenvalue weighted by Gasteiger charge is -2.22. The van der Waals surface area contributed by atoms with Gasteiger partial charge < -0.3 is 27.8 Å². The first-order chi connectivity index (χ1) is 18.8. The van der Waals surface area contributed by atoms with E-state index in [0.29, 0.717) is 12.0 Å². The van der Waals surface area contributed by atoms with E-state index in [1.807, 2.05) is 91.0 Å². The van der Waals surface area contributed by atoms with E-state index in [4.69, 9.17) is 17.2 Å². The molecule has 2 atom stereocenters. The Hall–Kier alpha value is -4.92. The SMILES string of the molecule is NC(=O)[C@@H](Cc1ccccc1)NC(=O)[C@@H](CCCN=C(N)N)NC(=O)C=C(c1ccccc1)c1ccccc1. The minimum absolute atomic E-state index is 0.0602. The smallest absolute Gasteiger partial charge is 0.245 e. The normalized spacial score (nSPS) is 11.9. The average Bonchev–Trinajstić information content (AvgIpc) is 2.94. The quantitative estimate of drug-likeness (QED) is 0.0991. The first-order valence-electron chi connectivity index (χ1n) is 12.7. The molecule has 0 fully saturated rings. The molecular weight excluding hydrogens is 492 g/mol. The van der Waals surface area contributed by atoms with Gasteiger partial charge in [-0.3, -0.25) is 19.4 Å². The van der Waals surface area contributed by atoms with Gasteiger partial charge in [0.25, 0.3) is 0 Å². The molecule has 3 aromatic rings. The molecular formula is C30H34N6O3. The zero-order valence-corrected chi connectivity index (χ0v) is 21.6. The number of hydrogen-bond donors (Lipinski definition) is 5. The van der Waals surface area contributed by atoms with Crippen LogP contribution >= 0.6 is 0 Å². The Kier molecular flexibility index (Phi) is 10.8. The Bertz CT molecular complexity index is 1250. The highest BCUT2D eigenvalue weighted by Crippen LogP contribution is 2.23. The molecule has 3 aromatic carbocycles. The summed E-state index contributed by atoms with van der Waals surface area (Å²) in [6.07, 6.45) is 2.36. The summed E-state index contributed by atoms with van der Waals surface area (Å²) in [4.78, 5) is 42.6. The van der Waals surface area contributed by atoms with Crippen LogP contribution in [0.15, 0.2) is 102 Å². The molecule has 202 valence electrons. The van der Waals surface area contributed by atoms with Crippen molar-refractivity contribution in [3.63, 3.8) is 0 Å². The van der Waals surface area contributed by atoms with E-state index < -0.39 is 29.8 Å². The Morgan fingerprint density at radius 2 is 1.28 bits per heavy atom. The summed E-state index contributed by atoms with van der Waals surface area (Å²) < 4.78 is 0. The number of hydrogen-bond acceptors (Lipinski definition) is 4. The minimum Gasteiger partial charge on any atom is -0.370 e. The van der Waals surface area contributed by atoms with Crippen molar-refractivity contribution in [3.05, 3.63) is 114 Å². The second-order valence-corrected chi connectivity index (χ2v) is 8.95. The maximum absolute atomic E-state index is 13.3. The van der Waals surface area contributed by atoms with Crippen LogP contribution in [0.1, 0.15) is 29.5 Å². The molecule has 0 unspecified atom stereocenters. The summed E-state index contributed by atoms with van der Waals surface area (Å²) in [5.74, 6) is -1.72. The Morgan fingerprint density at radius 3 is 1.79 bits per heavy atom. The molecule has 0 heterocycles.